The maximum Gasteiger partial charge on any atom is 0.354 e. The van der Waals surface area contributed by atoms with Gasteiger partial charge in [-0.2, -0.15) is 0 Å². The highest BCUT2D eigenvalue weighted by atomic mass is 16.5. The Hall–Kier alpha value is -2.11. The van der Waals surface area contributed by atoms with Crippen molar-refractivity contribution in [3.8, 4) is 5.75 Å². The minimum atomic E-state index is -1.01. The van der Waals surface area contributed by atoms with Gasteiger partial charge >= 0.3 is 5.97 Å². The van der Waals surface area contributed by atoms with Crippen LogP contribution in [0.25, 0.3) is 5.78 Å². The third-order valence-electron chi connectivity index (χ3n) is 2.30. The Labute approximate surface area is 91.5 Å². The van der Waals surface area contributed by atoms with Crippen molar-refractivity contribution in [2.45, 2.75) is 13.3 Å². The zero-order chi connectivity index (χ0) is 11.7. The monoisotopic (exact) mass is 221 g/mol. The number of methoxy groups -OCH3 is 1. The van der Waals surface area contributed by atoms with Crippen molar-refractivity contribution < 1.29 is 14.6 Å². The number of aromatic carboxylic acids is 1. The van der Waals surface area contributed by atoms with Crippen molar-refractivity contribution in [2.24, 2.45) is 0 Å². The molecule has 0 aliphatic rings. The van der Waals surface area contributed by atoms with Crippen molar-refractivity contribution in [3.63, 3.8) is 0 Å². The van der Waals surface area contributed by atoms with E-state index in [0.717, 1.165) is 0 Å². The van der Waals surface area contributed by atoms with E-state index in [1.807, 2.05) is 6.92 Å². The van der Waals surface area contributed by atoms with Gasteiger partial charge in [-0.15, -0.1) is 0 Å². The summed E-state index contributed by atoms with van der Waals surface area (Å²) in [4.78, 5) is 19.3. The molecule has 2 heterocycles. The van der Waals surface area contributed by atoms with Gasteiger partial charge in [0.25, 0.3) is 0 Å². The highest BCUT2D eigenvalue weighted by Crippen LogP contribution is 2.15. The number of carbonyl (C=O) groups is 1. The Morgan fingerprint density at radius 2 is 2.38 bits per heavy atom. The Balaban J connectivity index is 2.75. The third-order valence-corrected chi connectivity index (χ3v) is 2.30. The summed E-state index contributed by atoms with van der Waals surface area (Å²) in [7, 11) is 1.50. The van der Waals surface area contributed by atoms with E-state index in [1.54, 1.807) is 6.20 Å². The summed E-state index contributed by atoms with van der Waals surface area (Å²) in [5.74, 6) is -0.149. The van der Waals surface area contributed by atoms with E-state index in [9.17, 15) is 4.79 Å². The van der Waals surface area contributed by atoms with Crippen LogP contribution in [0.1, 0.15) is 23.1 Å². The summed E-state index contributed by atoms with van der Waals surface area (Å²) in [6, 6.07) is 0. The van der Waals surface area contributed by atoms with Crippen molar-refractivity contribution >= 4 is 11.7 Å². The number of rotatable bonds is 3. The summed E-state index contributed by atoms with van der Waals surface area (Å²) in [5.41, 5.74) is 0.664. The lowest BCUT2D eigenvalue weighted by Crippen LogP contribution is -2.05. The minimum Gasteiger partial charge on any atom is -0.494 e. The number of carboxylic acids is 1. The SMILES string of the molecule is CCc1nc2ncc(OC)cn2c1C(=O)O. The molecule has 2 aromatic rings. The molecule has 0 saturated carbocycles. The molecule has 0 amide bonds. The van der Waals surface area contributed by atoms with Crippen LogP contribution in [0, 0.1) is 0 Å². The van der Waals surface area contributed by atoms with Gasteiger partial charge in [0.05, 0.1) is 25.2 Å². The molecule has 16 heavy (non-hydrogen) atoms. The lowest BCUT2D eigenvalue weighted by Gasteiger charge is -2.00. The van der Waals surface area contributed by atoms with Crippen LogP contribution >= 0.6 is 0 Å². The largest absolute Gasteiger partial charge is 0.494 e. The maximum absolute atomic E-state index is 11.1. The standard InChI is InChI=1S/C10H11N3O3/c1-3-7-8(9(14)15)13-5-6(16-2)4-11-10(13)12-7/h4-5H,3H2,1-2H3,(H,14,15). The lowest BCUT2D eigenvalue weighted by molar-refractivity contribution is 0.0688. The number of carboxylic acid groups (broad SMARTS) is 1. The van der Waals surface area contributed by atoms with E-state index in [2.05, 4.69) is 9.97 Å². The van der Waals surface area contributed by atoms with Gasteiger partial charge in [0.1, 0.15) is 0 Å². The summed E-state index contributed by atoms with van der Waals surface area (Å²) in [6.45, 7) is 1.85. The molecule has 0 aliphatic carbocycles. The van der Waals surface area contributed by atoms with Gasteiger partial charge in [-0.25, -0.2) is 14.8 Å². The fourth-order valence-electron chi connectivity index (χ4n) is 1.54. The van der Waals surface area contributed by atoms with Gasteiger partial charge in [-0.3, -0.25) is 4.40 Å². The van der Waals surface area contributed by atoms with E-state index < -0.39 is 5.97 Å². The zero-order valence-corrected chi connectivity index (χ0v) is 8.97. The number of fused-ring (bicyclic) bond motifs is 1. The molecule has 0 unspecified atom stereocenters. The Morgan fingerprint density at radius 1 is 1.62 bits per heavy atom. The zero-order valence-electron chi connectivity index (χ0n) is 8.97. The van der Waals surface area contributed by atoms with Crippen molar-refractivity contribution in [2.75, 3.05) is 7.11 Å². The van der Waals surface area contributed by atoms with Crippen molar-refractivity contribution in [1.82, 2.24) is 14.4 Å². The molecule has 0 aromatic carbocycles. The summed E-state index contributed by atoms with van der Waals surface area (Å²) >= 11 is 0. The highest BCUT2D eigenvalue weighted by molar-refractivity contribution is 5.88. The molecule has 0 aliphatic heterocycles. The molecule has 1 N–H and O–H groups in total. The molecule has 0 fully saturated rings. The van der Waals surface area contributed by atoms with E-state index in [1.165, 1.54) is 17.7 Å². The molecule has 0 saturated heterocycles. The predicted octanol–water partition coefficient (Wildman–Crippen LogP) is 0.998. The van der Waals surface area contributed by atoms with Gasteiger partial charge in [0, 0.05) is 0 Å². The molecule has 0 radical (unpaired) electrons. The number of nitrogens with zero attached hydrogens (tertiary/aromatic N) is 3. The molecule has 2 rings (SSSR count). The molecule has 84 valence electrons. The van der Waals surface area contributed by atoms with Gasteiger partial charge in [0.2, 0.25) is 5.78 Å². The normalized spacial score (nSPS) is 10.6. The average molecular weight is 221 g/mol. The lowest BCUT2D eigenvalue weighted by atomic mass is 10.2. The van der Waals surface area contributed by atoms with Crippen LogP contribution in [0.5, 0.6) is 5.75 Å². The van der Waals surface area contributed by atoms with Crippen LogP contribution < -0.4 is 4.74 Å². The van der Waals surface area contributed by atoms with E-state index in [-0.39, 0.29) is 5.69 Å². The molecule has 2 aromatic heterocycles. The van der Waals surface area contributed by atoms with E-state index >= 15 is 0 Å². The Kier molecular flexibility index (Phi) is 2.47. The second-order valence-corrected chi connectivity index (χ2v) is 3.23. The van der Waals surface area contributed by atoms with Crippen LogP contribution in [0.4, 0.5) is 0 Å². The fraction of sp³-hybridized carbons (Fsp3) is 0.300. The van der Waals surface area contributed by atoms with Crippen molar-refractivity contribution in [1.29, 1.82) is 0 Å². The second-order valence-electron chi connectivity index (χ2n) is 3.23. The van der Waals surface area contributed by atoms with Gasteiger partial charge < -0.3 is 9.84 Å². The van der Waals surface area contributed by atoms with E-state index in [0.29, 0.717) is 23.6 Å². The van der Waals surface area contributed by atoms with Gasteiger partial charge in [-0.1, -0.05) is 6.92 Å². The smallest absolute Gasteiger partial charge is 0.354 e. The Bertz CT molecular complexity index is 547. The second kappa shape index (κ2) is 3.80. The first kappa shape index (κ1) is 10.4. The Morgan fingerprint density at radius 3 is 2.94 bits per heavy atom. The highest BCUT2D eigenvalue weighted by Gasteiger charge is 2.18. The number of hydrogen-bond donors (Lipinski definition) is 1. The van der Waals surface area contributed by atoms with Crippen LogP contribution in [-0.2, 0) is 6.42 Å². The van der Waals surface area contributed by atoms with E-state index in [4.69, 9.17) is 9.84 Å². The van der Waals surface area contributed by atoms with Gasteiger partial charge in [-0.05, 0) is 6.42 Å². The summed E-state index contributed by atoms with van der Waals surface area (Å²) in [6.07, 6.45) is 3.62. The summed E-state index contributed by atoms with van der Waals surface area (Å²) < 4.78 is 6.43. The molecule has 0 atom stereocenters. The molecule has 6 nitrogen and oxygen atoms in total. The molecule has 0 spiro atoms. The number of aryl methyl sites for hydroxylation is 1. The quantitative estimate of drug-likeness (QED) is 0.836. The predicted molar refractivity (Wildman–Crippen MR) is 55.9 cm³/mol. The number of aromatic nitrogens is 3. The maximum atomic E-state index is 11.1. The molecular formula is C10H11N3O3. The number of imidazole rings is 1. The molecule has 6 heteroatoms. The van der Waals surface area contributed by atoms with Crippen molar-refractivity contribution in [3.05, 3.63) is 23.8 Å². The minimum absolute atomic E-state index is 0.143. The number of hydrogen-bond acceptors (Lipinski definition) is 4. The third kappa shape index (κ3) is 1.48. The number of ether oxygens (including phenoxy) is 1. The molecule has 0 bridgehead atoms. The first-order chi connectivity index (χ1) is 7.67. The van der Waals surface area contributed by atoms with Crippen LogP contribution in [-0.4, -0.2) is 32.6 Å². The summed E-state index contributed by atoms with van der Waals surface area (Å²) in [5, 5.41) is 9.12. The fourth-order valence-corrected chi connectivity index (χ4v) is 1.54. The van der Waals surface area contributed by atoms with Gasteiger partial charge in [0.15, 0.2) is 11.4 Å². The first-order valence-electron chi connectivity index (χ1n) is 4.81. The molecular weight excluding hydrogens is 210 g/mol. The van der Waals surface area contributed by atoms with Crippen LogP contribution in [0.3, 0.4) is 0 Å². The first-order valence-corrected chi connectivity index (χ1v) is 4.81. The van der Waals surface area contributed by atoms with Crippen LogP contribution in [0.15, 0.2) is 12.4 Å². The van der Waals surface area contributed by atoms with Crippen LogP contribution in [0.2, 0.25) is 0 Å². The topological polar surface area (TPSA) is 76.7 Å². The average Bonchev–Trinajstić information content (AvgIpc) is 2.65.